The zero-order chi connectivity index (χ0) is 12.2. The van der Waals surface area contributed by atoms with Gasteiger partial charge >= 0.3 is 12.0 Å². The van der Waals surface area contributed by atoms with Gasteiger partial charge < -0.3 is 15.7 Å². The van der Waals surface area contributed by atoms with Gasteiger partial charge in [0.05, 0.1) is 0 Å². The van der Waals surface area contributed by atoms with Crippen molar-refractivity contribution in [2.45, 2.75) is 45.1 Å². The first kappa shape index (κ1) is 12.8. The number of carbonyl (C=O) groups is 2. The Labute approximate surface area is 95.6 Å². The lowest BCUT2D eigenvalue weighted by Crippen LogP contribution is -2.48. The molecule has 3 N–H and O–H groups in total. The van der Waals surface area contributed by atoms with Crippen molar-refractivity contribution < 1.29 is 14.7 Å². The van der Waals surface area contributed by atoms with E-state index in [1.807, 2.05) is 13.8 Å². The molecule has 1 aliphatic carbocycles. The second-order valence-corrected chi connectivity index (χ2v) is 5.06. The van der Waals surface area contributed by atoms with Gasteiger partial charge in [-0.25, -0.2) is 4.79 Å². The molecule has 1 saturated carbocycles. The zero-order valence-electron chi connectivity index (χ0n) is 9.88. The van der Waals surface area contributed by atoms with Crippen LogP contribution in [0.1, 0.15) is 39.5 Å². The Bertz CT molecular complexity index is 272. The molecule has 1 aliphatic rings. The highest BCUT2D eigenvalue weighted by atomic mass is 16.4. The first-order chi connectivity index (χ1) is 7.39. The van der Waals surface area contributed by atoms with Crippen molar-refractivity contribution in [3.8, 4) is 0 Å². The van der Waals surface area contributed by atoms with Gasteiger partial charge in [0.15, 0.2) is 0 Å². The third kappa shape index (κ3) is 5.58. The van der Waals surface area contributed by atoms with E-state index >= 15 is 0 Å². The maximum absolute atomic E-state index is 11.5. The number of hydrogen-bond donors (Lipinski definition) is 3. The molecule has 0 spiro atoms. The van der Waals surface area contributed by atoms with Gasteiger partial charge in [-0.1, -0.05) is 0 Å². The van der Waals surface area contributed by atoms with E-state index < -0.39 is 11.5 Å². The second-order valence-electron chi connectivity index (χ2n) is 5.06. The molecule has 0 aliphatic heterocycles. The average molecular weight is 228 g/mol. The first-order valence-electron chi connectivity index (χ1n) is 5.67. The molecule has 0 aromatic carbocycles. The number of urea groups is 1. The van der Waals surface area contributed by atoms with Gasteiger partial charge in [-0.05, 0) is 39.0 Å². The van der Waals surface area contributed by atoms with Crippen LogP contribution in [0.3, 0.4) is 0 Å². The van der Waals surface area contributed by atoms with Crippen molar-refractivity contribution in [2.75, 3.05) is 6.54 Å². The van der Waals surface area contributed by atoms with E-state index in [1.54, 1.807) is 0 Å². The van der Waals surface area contributed by atoms with Crippen LogP contribution >= 0.6 is 0 Å². The van der Waals surface area contributed by atoms with Gasteiger partial charge in [0.1, 0.15) is 0 Å². The minimum absolute atomic E-state index is 0.0654. The van der Waals surface area contributed by atoms with E-state index in [2.05, 4.69) is 10.6 Å². The summed E-state index contributed by atoms with van der Waals surface area (Å²) < 4.78 is 0. The molecule has 0 bridgehead atoms. The molecule has 0 saturated heterocycles. The molecule has 0 aromatic rings. The highest BCUT2D eigenvalue weighted by molar-refractivity contribution is 5.75. The van der Waals surface area contributed by atoms with Gasteiger partial charge in [-0.15, -0.1) is 0 Å². The highest BCUT2D eigenvalue weighted by Gasteiger charge is 2.24. The minimum Gasteiger partial charge on any atom is -0.481 e. The molecule has 0 unspecified atom stereocenters. The Kier molecular flexibility index (Phi) is 4.15. The molecule has 92 valence electrons. The number of nitrogens with one attached hydrogen (secondary N) is 2. The molecule has 0 heterocycles. The lowest BCUT2D eigenvalue weighted by atomic mass is 9.99. The van der Waals surface area contributed by atoms with Crippen LogP contribution < -0.4 is 10.6 Å². The molecule has 0 aromatic heterocycles. The fourth-order valence-corrected chi connectivity index (χ4v) is 1.39. The van der Waals surface area contributed by atoms with Crippen LogP contribution in [-0.4, -0.2) is 29.2 Å². The van der Waals surface area contributed by atoms with Crippen molar-refractivity contribution in [3.63, 3.8) is 0 Å². The van der Waals surface area contributed by atoms with Crippen LogP contribution in [0.15, 0.2) is 0 Å². The van der Waals surface area contributed by atoms with Gasteiger partial charge in [-0.3, -0.25) is 4.79 Å². The molecule has 5 heteroatoms. The van der Waals surface area contributed by atoms with E-state index in [4.69, 9.17) is 5.11 Å². The predicted octanol–water partition coefficient (Wildman–Crippen LogP) is 1.34. The average Bonchev–Trinajstić information content (AvgIpc) is 2.94. The third-order valence-corrected chi connectivity index (χ3v) is 2.66. The molecular formula is C11H20N2O3. The van der Waals surface area contributed by atoms with Gasteiger partial charge in [-0.2, -0.15) is 0 Å². The van der Waals surface area contributed by atoms with E-state index in [1.165, 1.54) is 12.8 Å². The van der Waals surface area contributed by atoms with E-state index in [-0.39, 0.29) is 12.5 Å². The van der Waals surface area contributed by atoms with Crippen LogP contribution in [-0.2, 0) is 4.79 Å². The standard InChI is InChI=1S/C11H20N2O3/c1-11(2,6-5-9(14)15)13-10(16)12-7-8-3-4-8/h8H,3-7H2,1-2H3,(H,14,15)(H2,12,13,16). The summed E-state index contributed by atoms with van der Waals surface area (Å²) in [5, 5.41) is 14.1. The molecule has 1 rings (SSSR count). The largest absolute Gasteiger partial charge is 0.481 e. The van der Waals surface area contributed by atoms with E-state index in [0.717, 1.165) is 6.54 Å². The first-order valence-corrected chi connectivity index (χ1v) is 5.67. The number of amides is 2. The summed E-state index contributed by atoms with van der Waals surface area (Å²) >= 11 is 0. The number of aliphatic carboxylic acids is 1. The van der Waals surface area contributed by atoms with E-state index in [0.29, 0.717) is 12.3 Å². The summed E-state index contributed by atoms with van der Waals surface area (Å²) in [6, 6.07) is -0.206. The summed E-state index contributed by atoms with van der Waals surface area (Å²) in [5.74, 6) is -0.193. The Balaban J connectivity index is 2.20. The summed E-state index contributed by atoms with van der Waals surface area (Å²) in [6.45, 7) is 4.38. The van der Waals surface area contributed by atoms with Crippen molar-refractivity contribution >= 4 is 12.0 Å². The molecule has 2 amide bonds. The van der Waals surface area contributed by atoms with E-state index in [9.17, 15) is 9.59 Å². The van der Waals surface area contributed by atoms with Crippen LogP contribution in [0.2, 0.25) is 0 Å². The number of carbonyl (C=O) groups excluding carboxylic acids is 1. The van der Waals surface area contributed by atoms with Crippen molar-refractivity contribution in [2.24, 2.45) is 5.92 Å². The highest BCUT2D eigenvalue weighted by Crippen LogP contribution is 2.27. The summed E-state index contributed by atoms with van der Waals surface area (Å²) in [7, 11) is 0. The van der Waals surface area contributed by atoms with Crippen LogP contribution in [0, 0.1) is 5.92 Å². The molecule has 16 heavy (non-hydrogen) atoms. The number of hydrogen-bond acceptors (Lipinski definition) is 2. The van der Waals surface area contributed by atoms with Crippen molar-refractivity contribution in [1.82, 2.24) is 10.6 Å². The SMILES string of the molecule is CC(C)(CCC(=O)O)NC(=O)NCC1CC1. The van der Waals surface area contributed by atoms with Gasteiger partial charge in [0.25, 0.3) is 0 Å². The molecule has 1 fully saturated rings. The van der Waals surface area contributed by atoms with Gasteiger partial charge in [0, 0.05) is 18.5 Å². The molecule has 0 radical (unpaired) electrons. The summed E-state index contributed by atoms with van der Waals surface area (Å²) in [5.41, 5.74) is -0.480. The third-order valence-electron chi connectivity index (χ3n) is 2.66. The Morgan fingerprint density at radius 2 is 2.00 bits per heavy atom. The van der Waals surface area contributed by atoms with Crippen LogP contribution in [0.5, 0.6) is 0 Å². The zero-order valence-corrected chi connectivity index (χ0v) is 9.88. The normalized spacial score (nSPS) is 15.6. The molecular weight excluding hydrogens is 208 g/mol. The molecule has 5 nitrogen and oxygen atoms in total. The lowest BCUT2D eigenvalue weighted by molar-refractivity contribution is -0.137. The number of carboxylic acids is 1. The minimum atomic E-state index is -0.840. The number of carboxylic acid groups (broad SMARTS) is 1. The summed E-state index contributed by atoms with van der Waals surface area (Å²) in [4.78, 5) is 21.9. The number of rotatable bonds is 6. The van der Waals surface area contributed by atoms with Crippen molar-refractivity contribution in [3.05, 3.63) is 0 Å². The monoisotopic (exact) mass is 228 g/mol. The second kappa shape index (κ2) is 5.18. The Morgan fingerprint density at radius 3 is 2.50 bits per heavy atom. The lowest BCUT2D eigenvalue weighted by Gasteiger charge is -2.25. The maximum Gasteiger partial charge on any atom is 0.315 e. The van der Waals surface area contributed by atoms with Crippen LogP contribution in [0.4, 0.5) is 4.79 Å². The predicted molar refractivity (Wildman–Crippen MR) is 60.2 cm³/mol. The van der Waals surface area contributed by atoms with Crippen LogP contribution in [0.25, 0.3) is 0 Å². The smallest absolute Gasteiger partial charge is 0.315 e. The van der Waals surface area contributed by atoms with Gasteiger partial charge in [0.2, 0.25) is 0 Å². The quantitative estimate of drug-likeness (QED) is 0.642. The topological polar surface area (TPSA) is 78.4 Å². The maximum atomic E-state index is 11.5. The Hall–Kier alpha value is -1.26. The summed E-state index contributed by atoms with van der Waals surface area (Å²) in [6.07, 6.45) is 2.89. The Morgan fingerprint density at radius 1 is 1.38 bits per heavy atom. The van der Waals surface area contributed by atoms with Crippen molar-refractivity contribution in [1.29, 1.82) is 0 Å². The fraction of sp³-hybridized carbons (Fsp3) is 0.818. The molecule has 0 atom stereocenters. The fourth-order valence-electron chi connectivity index (χ4n) is 1.39.